The molecule has 0 spiro atoms. The second-order valence-electron chi connectivity index (χ2n) is 6.65. The third kappa shape index (κ3) is 4.18. The monoisotopic (exact) mass is 428 g/mol. The Kier molecular flexibility index (Phi) is 5.05. The number of carbonyl (C=O) groups excluding carboxylic acids is 1. The Bertz CT molecular complexity index is 1250. The van der Waals surface area contributed by atoms with E-state index in [-0.39, 0.29) is 5.88 Å². The Labute approximate surface area is 173 Å². The van der Waals surface area contributed by atoms with E-state index in [0.29, 0.717) is 40.2 Å². The molecule has 0 saturated carbocycles. The van der Waals surface area contributed by atoms with E-state index in [1.165, 1.54) is 30.6 Å². The smallest absolute Gasteiger partial charge is 0.417 e. The number of aromatic nitrogens is 3. The summed E-state index contributed by atoms with van der Waals surface area (Å²) in [6.07, 6.45) is -2.48. The number of nitrogens with one attached hydrogen (secondary N) is 1. The number of amides is 1. The third-order valence-electron chi connectivity index (χ3n) is 4.60. The van der Waals surface area contributed by atoms with Crippen molar-refractivity contribution in [1.82, 2.24) is 15.0 Å². The lowest BCUT2D eigenvalue weighted by Crippen LogP contribution is -2.13. The van der Waals surface area contributed by atoms with Crippen molar-refractivity contribution >= 4 is 22.8 Å². The van der Waals surface area contributed by atoms with Gasteiger partial charge in [0.2, 0.25) is 11.6 Å². The predicted molar refractivity (Wildman–Crippen MR) is 105 cm³/mol. The van der Waals surface area contributed by atoms with Crippen LogP contribution in [-0.4, -0.2) is 20.9 Å². The number of hydrogen-bond acceptors (Lipinski definition) is 6. The zero-order chi connectivity index (χ0) is 22.2. The molecule has 3 heterocycles. The standard InChI is InChI=1S/C21H15F3N4O3/c1-11-12(2)30-20-17(11)18(26-10-27-20)28-19(29)13-3-6-15(7-4-13)31-16-8-5-14(9-25-16)21(22,23)24/h3-10H,1-2H3,(H,26,27,28,29). The quantitative estimate of drug-likeness (QED) is 0.475. The van der Waals surface area contributed by atoms with Crippen LogP contribution in [0.25, 0.3) is 11.1 Å². The zero-order valence-electron chi connectivity index (χ0n) is 16.3. The van der Waals surface area contributed by atoms with Crippen molar-refractivity contribution in [2.45, 2.75) is 20.0 Å². The number of anilines is 1. The van der Waals surface area contributed by atoms with E-state index in [4.69, 9.17) is 9.15 Å². The molecule has 0 bridgehead atoms. The van der Waals surface area contributed by atoms with Crippen LogP contribution in [0.1, 0.15) is 27.2 Å². The van der Waals surface area contributed by atoms with E-state index in [2.05, 4.69) is 20.3 Å². The van der Waals surface area contributed by atoms with Crippen molar-refractivity contribution in [3.05, 3.63) is 71.4 Å². The minimum absolute atomic E-state index is 0.000572. The van der Waals surface area contributed by atoms with Gasteiger partial charge in [-0.2, -0.15) is 13.2 Å². The Morgan fingerprint density at radius 2 is 1.77 bits per heavy atom. The van der Waals surface area contributed by atoms with E-state index in [9.17, 15) is 18.0 Å². The first kappa shape index (κ1) is 20.3. The van der Waals surface area contributed by atoms with Gasteiger partial charge in [-0.3, -0.25) is 4.79 Å². The Balaban J connectivity index is 1.48. The predicted octanol–water partition coefficient (Wildman–Crippen LogP) is 5.30. The molecule has 0 aliphatic rings. The number of alkyl halides is 3. The second kappa shape index (κ2) is 7.71. The van der Waals surface area contributed by atoms with Crippen LogP contribution in [0.5, 0.6) is 11.6 Å². The molecule has 158 valence electrons. The second-order valence-corrected chi connectivity index (χ2v) is 6.65. The van der Waals surface area contributed by atoms with Gasteiger partial charge in [-0.25, -0.2) is 15.0 Å². The summed E-state index contributed by atoms with van der Waals surface area (Å²) in [5, 5.41) is 3.36. The first-order chi connectivity index (χ1) is 14.7. The number of halogens is 3. The van der Waals surface area contributed by atoms with Crippen molar-refractivity contribution in [2.75, 3.05) is 5.32 Å². The van der Waals surface area contributed by atoms with E-state index >= 15 is 0 Å². The van der Waals surface area contributed by atoms with Gasteiger partial charge in [-0.15, -0.1) is 0 Å². The topological polar surface area (TPSA) is 90.1 Å². The SMILES string of the molecule is Cc1oc2ncnc(NC(=O)c3ccc(Oc4ccc(C(F)(F)F)cn4)cc3)c2c1C. The van der Waals surface area contributed by atoms with Gasteiger partial charge < -0.3 is 14.5 Å². The maximum Gasteiger partial charge on any atom is 0.417 e. The van der Waals surface area contributed by atoms with Crippen LogP contribution in [0.3, 0.4) is 0 Å². The van der Waals surface area contributed by atoms with Gasteiger partial charge in [0, 0.05) is 23.4 Å². The average molecular weight is 428 g/mol. The first-order valence-electron chi connectivity index (χ1n) is 9.05. The van der Waals surface area contributed by atoms with Gasteiger partial charge in [-0.1, -0.05) is 0 Å². The van der Waals surface area contributed by atoms with Crippen LogP contribution in [0, 0.1) is 13.8 Å². The molecule has 4 aromatic rings. The Morgan fingerprint density at radius 1 is 1.03 bits per heavy atom. The number of ether oxygens (including phenoxy) is 1. The lowest BCUT2D eigenvalue weighted by atomic mass is 10.2. The fraction of sp³-hybridized carbons (Fsp3) is 0.143. The zero-order valence-corrected chi connectivity index (χ0v) is 16.3. The largest absolute Gasteiger partial charge is 0.443 e. The summed E-state index contributed by atoms with van der Waals surface area (Å²) in [5.41, 5.74) is 0.679. The molecule has 0 aliphatic heterocycles. The number of hydrogen-bond donors (Lipinski definition) is 1. The highest BCUT2D eigenvalue weighted by molar-refractivity contribution is 6.07. The minimum atomic E-state index is -4.47. The van der Waals surface area contributed by atoms with E-state index in [0.717, 1.165) is 17.7 Å². The van der Waals surface area contributed by atoms with Crippen molar-refractivity contribution in [3.8, 4) is 11.6 Å². The molecule has 7 nitrogen and oxygen atoms in total. The molecule has 10 heteroatoms. The van der Waals surface area contributed by atoms with Gasteiger partial charge in [0.05, 0.1) is 10.9 Å². The summed E-state index contributed by atoms with van der Waals surface area (Å²) < 4.78 is 48.8. The first-order valence-corrected chi connectivity index (χ1v) is 9.05. The molecular weight excluding hydrogens is 413 g/mol. The molecular formula is C21H15F3N4O3. The molecule has 1 amide bonds. The molecule has 0 aliphatic carbocycles. The lowest BCUT2D eigenvalue weighted by Gasteiger charge is -2.09. The number of fused-ring (bicyclic) bond motifs is 1. The molecule has 4 rings (SSSR count). The fourth-order valence-corrected chi connectivity index (χ4v) is 2.86. The highest BCUT2D eigenvalue weighted by atomic mass is 19.4. The maximum atomic E-state index is 12.6. The number of pyridine rings is 1. The van der Waals surface area contributed by atoms with E-state index in [1.807, 2.05) is 6.92 Å². The summed E-state index contributed by atoms with van der Waals surface area (Å²) in [4.78, 5) is 24.5. The molecule has 1 aromatic carbocycles. The van der Waals surface area contributed by atoms with Crippen molar-refractivity contribution in [2.24, 2.45) is 0 Å². The number of carbonyl (C=O) groups is 1. The molecule has 31 heavy (non-hydrogen) atoms. The number of benzene rings is 1. The normalized spacial score (nSPS) is 11.5. The summed E-state index contributed by atoms with van der Waals surface area (Å²) in [7, 11) is 0. The van der Waals surface area contributed by atoms with Crippen molar-refractivity contribution in [3.63, 3.8) is 0 Å². The molecule has 0 saturated heterocycles. The van der Waals surface area contributed by atoms with Crippen LogP contribution in [0.15, 0.2) is 53.3 Å². The van der Waals surface area contributed by atoms with Crippen LogP contribution < -0.4 is 10.1 Å². The summed E-state index contributed by atoms with van der Waals surface area (Å²) >= 11 is 0. The fourth-order valence-electron chi connectivity index (χ4n) is 2.86. The van der Waals surface area contributed by atoms with Gasteiger partial charge in [0.15, 0.2) is 0 Å². The number of nitrogens with zero attached hydrogens (tertiary/aromatic N) is 3. The van der Waals surface area contributed by atoms with E-state index < -0.39 is 17.6 Å². The van der Waals surface area contributed by atoms with Gasteiger partial charge in [0.1, 0.15) is 23.7 Å². The third-order valence-corrected chi connectivity index (χ3v) is 4.60. The molecule has 0 radical (unpaired) electrons. The molecule has 0 unspecified atom stereocenters. The van der Waals surface area contributed by atoms with Crippen LogP contribution in [0.4, 0.5) is 19.0 Å². The average Bonchev–Trinajstić information content (AvgIpc) is 3.03. The molecule has 0 atom stereocenters. The minimum Gasteiger partial charge on any atom is -0.443 e. The Hall–Kier alpha value is -3.95. The van der Waals surface area contributed by atoms with Crippen LogP contribution in [-0.2, 0) is 6.18 Å². The molecule has 3 aromatic heterocycles. The summed E-state index contributed by atoms with van der Waals surface area (Å²) in [6, 6.07) is 8.06. The van der Waals surface area contributed by atoms with Crippen molar-refractivity contribution in [1.29, 1.82) is 0 Å². The highest BCUT2D eigenvalue weighted by Crippen LogP contribution is 2.30. The van der Waals surface area contributed by atoms with Crippen LogP contribution >= 0.6 is 0 Å². The van der Waals surface area contributed by atoms with E-state index in [1.54, 1.807) is 6.92 Å². The van der Waals surface area contributed by atoms with Gasteiger partial charge in [0.25, 0.3) is 5.91 Å². The Morgan fingerprint density at radius 3 is 2.42 bits per heavy atom. The molecule has 0 fully saturated rings. The molecule has 1 N–H and O–H groups in total. The number of furan rings is 1. The number of rotatable bonds is 4. The summed E-state index contributed by atoms with van der Waals surface area (Å²) in [6.45, 7) is 3.65. The van der Waals surface area contributed by atoms with Gasteiger partial charge >= 0.3 is 6.18 Å². The van der Waals surface area contributed by atoms with Crippen LogP contribution in [0.2, 0.25) is 0 Å². The van der Waals surface area contributed by atoms with Gasteiger partial charge in [-0.05, 0) is 44.2 Å². The summed E-state index contributed by atoms with van der Waals surface area (Å²) in [5.74, 6) is 0.925. The van der Waals surface area contributed by atoms with Crippen molar-refractivity contribution < 1.29 is 27.1 Å². The maximum absolute atomic E-state index is 12.6. The highest BCUT2D eigenvalue weighted by Gasteiger charge is 2.30. The lowest BCUT2D eigenvalue weighted by molar-refractivity contribution is -0.137. The number of aryl methyl sites for hydroxylation is 2.